The van der Waals surface area contributed by atoms with Gasteiger partial charge in [0.05, 0.1) is 0 Å². The van der Waals surface area contributed by atoms with Crippen LogP contribution in [0.1, 0.15) is 0 Å². The first-order chi connectivity index (χ1) is 7.84. The molecule has 16 heavy (non-hydrogen) atoms. The summed E-state index contributed by atoms with van der Waals surface area (Å²) >= 11 is 6.31. The van der Waals surface area contributed by atoms with Gasteiger partial charge in [-0.05, 0) is 0 Å². The topological polar surface area (TPSA) is 7.76 Å². The maximum Gasteiger partial charge on any atom is 0.170 e. The van der Waals surface area contributed by atoms with Gasteiger partial charge in [-0.1, -0.05) is 12.1 Å². The summed E-state index contributed by atoms with van der Waals surface area (Å²) in [5.41, 5.74) is 0. The first-order valence-electron chi connectivity index (χ1n) is 5.37. The van der Waals surface area contributed by atoms with E-state index in [1.54, 1.807) is 0 Å². The Kier molecular flexibility index (Phi) is 3.89. The highest BCUT2D eigenvalue weighted by Crippen LogP contribution is 1.96. The molecule has 82 valence electrons. The molecule has 0 aliphatic heterocycles. The second kappa shape index (κ2) is 5.61. The molecule has 0 unspecified atom stereocenters. The highest BCUT2D eigenvalue weighted by Gasteiger charge is 2.15. The summed E-state index contributed by atoms with van der Waals surface area (Å²) in [5, 5.41) is 0.0970. The van der Waals surface area contributed by atoms with Crippen LogP contribution in [0.2, 0.25) is 0 Å². The second-order valence-corrected chi connectivity index (χ2v) is 4.36. The van der Waals surface area contributed by atoms with Crippen LogP contribution in [-0.2, 0) is 13.1 Å². The maximum atomic E-state index is 6.31. The molecule has 2 heterocycles. The number of halogens is 1. The largest absolute Gasteiger partial charge is 0.203 e. The van der Waals surface area contributed by atoms with E-state index in [1.165, 1.54) is 0 Å². The minimum Gasteiger partial charge on any atom is -0.203 e. The smallest absolute Gasteiger partial charge is 0.170 e. The average molecular weight is 235 g/mol. The molecule has 2 nitrogen and oxygen atoms in total. The van der Waals surface area contributed by atoms with E-state index in [4.69, 9.17) is 11.6 Å². The lowest BCUT2D eigenvalue weighted by Crippen LogP contribution is -2.44. The Morgan fingerprint density at radius 3 is 1.44 bits per heavy atom. The van der Waals surface area contributed by atoms with E-state index in [0.717, 1.165) is 13.1 Å². The van der Waals surface area contributed by atoms with E-state index >= 15 is 0 Å². The normalized spacial score (nSPS) is 10.6. The number of aromatic nitrogens is 2. The minimum absolute atomic E-state index is 0.0970. The van der Waals surface area contributed by atoms with Crippen LogP contribution in [0.4, 0.5) is 0 Å². The van der Waals surface area contributed by atoms with Gasteiger partial charge in [0.15, 0.2) is 43.3 Å². The van der Waals surface area contributed by atoms with Gasteiger partial charge in [0.2, 0.25) is 0 Å². The van der Waals surface area contributed by atoms with Crippen LogP contribution in [0.15, 0.2) is 61.2 Å². The third kappa shape index (κ3) is 3.31. The quantitative estimate of drug-likeness (QED) is 0.561. The first kappa shape index (κ1) is 11.1. The third-order valence-corrected chi connectivity index (χ3v) is 2.65. The highest BCUT2D eigenvalue weighted by atomic mass is 35.5. The van der Waals surface area contributed by atoms with Crippen molar-refractivity contribution in [1.29, 1.82) is 0 Å². The fourth-order valence-electron chi connectivity index (χ4n) is 1.63. The van der Waals surface area contributed by atoms with Gasteiger partial charge in [-0.2, -0.15) is 0 Å². The molecule has 0 aromatic carbocycles. The third-order valence-electron chi connectivity index (χ3n) is 2.37. The molecule has 0 amide bonds. The lowest BCUT2D eigenvalue weighted by atomic mass is 10.3. The number of alkyl halides is 1. The molecule has 2 aromatic rings. The molecule has 0 radical (unpaired) electrons. The summed E-state index contributed by atoms with van der Waals surface area (Å²) in [6.45, 7) is 1.65. The summed E-state index contributed by atoms with van der Waals surface area (Å²) < 4.78 is 4.20. The van der Waals surface area contributed by atoms with E-state index in [1.807, 2.05) is 61.2 Å². The van der Waals surface area contributed by atoms with Crippen LogP contribution in [0.5, 0.6) is 0 Å². The summed E-state index contributed by atoms with van der Waals surface area (Å²) in [4.78, 5) is 0. The fraction of sp³-hybridized carbons (Fsp3) is 0.231. The van der Waals surface area contributed by atoms with Crippen LogP contribution in [-0.4, -0.2) is 5.38 Å². The van der Waals surface area contributed by atoms with Gasteiger partial charge < -0.3 is 0 Å². The fourth-order valence-corrected chi connectivity index (χ4v) is 1.95. The van der Waals surface area contributed by atoms with Crippen LogP contribution in [0.25, 0.3) is 0 Å². The summed E-state index contributed by atoms with van der Waals surface area (Å²) in [7, 11) is 0. The van der Waals surface area contributed by atoms with Gasteiger partial charge in [0.25, 0.3) is 0 Å². The van der Waals surface area contributed by atoms with E-state index in [9.17, 15) is 0 Å². The van der Waals surface area contributed by atoms with Crippen LogP contribution in [0.3, 0.4) is 0 Å². The minimum atomic E-state index is 0.0970. The lowest BCUT2D eigenvalue weighted by Gasteiger charge is -2.02. The zero-order chi connectivity index (χ0) is 11.2. The van der Waals surface area contributed by atoms with Crippen molar-refractivity contribution >= 4 is 11.6 Å². The number of rotatable bonds is 4. The van der Waals surface area contributed by atoms with Gasteiger partial charge in [-0.25, -0.2) is 9.13 Å². The van der Waals surface area contributed by atoms with Gasteiger partial charge in [-0.3, -0.25) is 0 Å². The molecule has 3 heteroatoms. The second-order valence-electron chi connectivity index (χ2n) is 3.74. The van der Waals surface area contributed by atoms with Gasteiger partial charge in [-0.15, -0.1) is 11.6 Å². The van der Waals surface area contributed by atoms with Gasteiger partial charge in [0, 0.05) is 24.3 Å². The highest BCUT2D eigenvalue weighted by molar-refractivity contribution is 6.20. The molecule has 0 saturated carbocycles. The zero-order valence-corrected chi connectivity index (χ0v) is 9.79. The summed E-state index contributed by atoms with van der Waals surface area (Å²) in [6, 6.07) is 12.1. The molecule has 0 aliphatic carbocycles. The summed E-state index contributed by atoms with van der Waals surface area (Å²) in [6.07, 6.45) is 8.13. The lowest BCUT2D eigenvalue weighted by molar-refractivity contribution is -0.725. The maximum absolute atomic E-state index is 6.31. The molecular formula is C13H15ClN2+2. The SMILES string of the molecule is ClC(C[n+]1ccccc1)C[n+]1ccccc1. The van der Waals surface area contributed by atoms with Gasteiger partial charge in [0.1, 0.15) is 0 Å². The zero-order valence-electron chi connectivity index (χ0n) is 9.04. The molecule has 0 atom stereocenters. The predicted molar refractivity (Wildman–Crippen MR) is 62.9 cm³/mol. The van der Waals surface area contributed by atoms with Crippen LogP contribution < -0.4 is 9.13 Å². The Balaban J connectivity index is 1.92. The van der Waals surface area contributed by atoms with Crippen LogP contribution >= 0.6 is 11.6 Å². The van der Waals surface area contributed by atoms with E-state index in [0.29, 0.717) is 0 Å². The van der Waals surface area contributed by atoms with E-state index < -0.39 is 0 Å². The number of hydrogen-bond donors (Lipinski definition) is 0. The molecule has 0 fully saturated rings. The molecule has 0 saturated heterocycles. The Labute approximate surface area is 101 Å². The van der Waals surface area contributed by atoms with E-state index in [-0.39, 0.29) is 5.38 Å². The number of pyridine rings is 2. The monoisotopic (exact) mass is 234 g/mol. The molecular weight excluding hydrogens is 220 g/mol. The van der Waals surface area contributed by atoms with Crippen molar-refractivity contribution in [1.82, 2.24) is 0 Å². The summed E-state index contributed by atoms with van der Waals surface area (Å²) in [5.74, 6) is 0. The van der Waals surface area contributed by atoms with Crippen molar-refractivity contribution in [2.45, 2.75) is 18.5 Å². The van der Waals surface area contributed by atoms with Crippen molar-refractivity contribution in [2.24, 2.45) is 0 Å². The van der Waals surface area contributed by atoms with E-state index in [2.05, 4.69) is 9.13 Å². The number of nitrogens with zero attached hydrogens (tertiary/aromatic N) is 2. The Morgan fingerprint density at radius 2 is 1.06 bits per heavy atom. The van der Waals surface area contributed by atoms with Crippen molar-refractivity contribution in [3.8, 4) is 0 Å². The van der Waals surface area contributed by atoms with Crippen molar-refractivity contribution in [2.75, 3.05) is 0 Å². The molecule has 2 aromatic heterocycles. The Morgan fingerprint density at radius 1 is 0.688 bits per heavy atom. The molecule has 0 bridgehead atoms. The van der Waals surface area contributed by atoms with Gasteiger partial charge >= 0.3 is 0 Å². The first-order valence-corrected chi connectivity index (χ1v) is 5.80. The van der Waals surface area contributed by atoms with Crippen molar-refractivity contribution in [3.63, 3.8) is 0 Å². The molecule has 0 N–H and O–H groups in total. The van der Waals surface area contributed by atoms with Crippen molar-refractivity contribution in [3.05, 3.63) is 61.2 Å². The molecule has 0 spiro atoms. The Bertz CT molecular complexity index is 375. The number of hydrogen-bond acceptors (Lipinski definition) is 0. The standard InChI is InChI=1S/C13H15ClN2/c14-13(11-15-7-3-1-4-8-15)12-16-9-5-2-6-10-16/h1-10,13H,11-12H2/q+2. The average Bonchev–Trinajstić information content (AvgIpc) is 2.31. The molecule has 0 aliphatic rings. The predicted octanol–water partition coefficient (Wildman–Crippen LogP) is 1.57. The van der Waals surface area contributed by atoms with Crippen LogP contribution in [0, 0.1) is 0 Å². The Hall–Kier alpha value is -1.41. The van der Waals surface area contributed by atoms with Crippen molar-refractivity contribution < 1.29 is 9.13 Å². The molecule has 2 rings (SSSR count).